The fourth-order valence-corrected chi connectivity index (χ4v) is 3.37. The first-order valence-corrected chi connectivity index (χ1v) is 5.14. The van der Waals surface area contributed by atoms with Gasteiger partial charge in [0.25, 0.3) is 0 Å². The van der Waals surface area contributed by atoms with E-state index in [-0.39, 0.29) is 10.8 Å². The molecule has 0 aromatic rings. The summed E-state index contributed by atoms with van der Waals surface area (Å²) in [4.78, 5) is 0. The summed E-state index contributed by atoms with van der Waals surface area (Å²) >= 11 is 0. The van der Waals surface area contributed by atoms with E-state index in [4.69, 9.17) is 0 Å². The van der Waals surface area contributed by atoms with E-state index >= 15 is 0 Å². The molecule has 0 radical (unpaired) electrons. The molecule has 0 aromatic carbocycles. The molecular weight excluding hydrogens is 148 g/mol. The van der Waals surface area contributed by atoms with Crippen molar-refractivity contribution in [2.75, 3.05) is 0 Å². The Bertz CT molecular complexity index is 189. The van der Waals surface area contributed by atoms with Crippen molar-refractivity contribution in [1.29, 1.82) is 0 Å². The summed E-state index contributed by atoms with van der Waals surface area (Å²) in [5.41, 5.74) is -0.00174. The van der Waals surface area contributed by atoms with Crippen LogP contribution in [0.15, 0.2) is 0 Å². The number of aliphatic hydroxyl groups is 1. The Morgan fingerprint density at radius 3 is 1.58 bits per heavy atom. The molecule has 2 fully saturated rings. The van der Waals surface area contributed by atoms with Crippen molar-refractivity contribution >= 4 is 0 Å². The standard InChI is InChI=1S/C11H20O/c1-9-5-4-6-10(2,8-7-9)11(9,3)12/h12H,4-8H2,1-3H3. The quantitative estimate of drug-likeness (QED) is 0.589. The Morgan fingerprint density at radius 1 is 0.833 bits per heavy atom. The molecule has 2 bridgehead atoms. The molecule has 2 aliphatic carbocycles. The van der Waals surface area contributed by atoms with Gasteiger partial charge in [-0.25, -0.2) is 0 Å². The van der Waals surface area contributed by atoms with Crippen LogP contribution < -0.4 is 0 Å². The Balaban J connectivity index is 2.42. The Kier molecular flexibility index (Phi) is 1.47. The van der Waals surface area contributed by atoms with Gasteiger partial charge >= 0.3 is 0 Å². The van der Waals surface area contributed by atoms with Crippen LogP contribution in [0.3, 0.4) is 0 Å². The lowest BCUT2D eigenvalue weighted by atomic mass is 9.60. The van der Waals surface area contributed by atoms with E-state index in [1.807, 2.05) is 0 Å². The van der Waals surface area contributed by atoms with Gasteiger partial charge < -0.3 is 5.11 Å². The number of hydrogen-bond donors (Lipinski definition) is 1. The first-order valence-electron chi connectivity index (χ1n) is 5.14. The van der Waals surface area contributed by atoms with Gasteiger partial charge in [0.15, 0.2) is 0 Å². The summed E-state index contributed by atoms with van der Waals surface area (Å²) in [7, 11) is 0. The largest absolute Gasteiger partial charge is 0.389 e. The van der Waals surface area contributed by atoms with Crippen LogP contribution in [0.4, 0.5) is 0 Å². The highest BCUT2D eigenvalue weighted by Crippen LogP contribution is 2.64. The minimum Gasteiger partial charge on any atom is -0.389 e. The summed E-state index contributed by atoms with van der Waals surface area (Å²) < 4.78 is 0. The maximum atomic E-state index is 10.5. The van der Waals surface area contributed by atoms with Gasteiger partial charge in [0.1, 0.15) is 0 Å². The predicted molar refractivity (Wildman–Crippen MR) is 49.9 cm³/mol. The molecule has 0 spiro atoms. The zero-order valence-electron chi connectivity index (χ0n) is 8.48. The normalized spacial score (nSPS) is 59.0. The van der Waals surface area contributed by atoms with Gasteiger partial charge in [-0.1, -0.05) is 20.3 Å². The summed E-state index contributed by atoms with van der Waals surface area (Å²) in [5, 5.41) is 10.5. The molecule has 2 saturated carbocycles. The van der Waals surface area contributed by atoms with Crippen LogP contribution in [0.1, 0.15) is 52.9 Å². The zero-order chi connectivity index (χ0) is 9.04. The molecule has 1 nitrogen and oxygen atoms in total. The van der Waals surface area contributed by atoms with Gasteiger partial charge in [-0.05, 0) is 43.4 Å². The molecule has 0 amide bonds. The van der Waals surface area contributed by atoms with E-state index < -0.39 is 5.60 Å². The van der Waals surface area contributed by atoms with Gasteiger partial charge in [0.2, 0.25) is 0 Å². The Hall–Kier alpha value is -0.0400. The molecule has 0 heterocycles. The lowest BCUT2D eigenvalue weighted by Crippen LogP contribution is -2.52. The lowest BCUT2D eigenvalue weighted by Gasteiger charge is -2.50. The van der Waals surface area contributed by atoms with Crippen LogP contribution in [0.5, 0.6) is 0 Å². The molecular formula is C11H20O. The molecule has 0 saturated heterocycles. The first kappa shape index (κ1) is 8.55. The van der Waals surface area contributed by atoms with Gasteiger partial charge in [0.05, 0.1) is 5.60 Å². The van der Waals surface area contributed by atoms with Crippen LogP contribution in [-0.2, 0) is 0 Å². The van der Waals surface area contributed by atoms with Crippen LogP contribution in [-0.4, -0.2) is 10.7 Å². The molecule has 70 valence electrons. The van der Waals surface area contributed by atoms with Crippen LogP contribution in [0, 0.1) is 10.8 Å². The number of hydrogen-bond acceptors (Lipinski definition) is 1. The Labute approximate surface area is 75.2 Å². The van der Waals surface area contributed by atoms with Gasteiger partial charge in [-0.3, -0.25) is 0 Å². The molecule has 1 N–H and O–H groups in total. The van der Waals surface area contributed by atoms with Crippen molar-refractivity contribution in [3.63, 3.8) is 0 Å². The fraction of sp³-hybridized carbons (Fsp3) is 1.00. The summed E-state index contributed by atoms with van der Waals surface area (Å²) in [6, 6.07) is 0. The van der Waals surface area contributed by atoms with Gasteiger partial charge in [-0.15, -0.1) is 0 Å². The average molecular weight is 168 g/mol. The van der Waals surface area contributed by atoms with E-state index in [0.717, 1.165) is 0 Å². The topological polar surface area (TPSA) is 20.2 Å². The maximum absolute atomic E-state index is 10.5. The van der Waals surface area contributed by atoms with E-state index in [1.54, 1.807) is 0 Å². The van der Waals surface area contributed by atoms with E-state index in [0.29, 0.717) is 0 Å². The third kappa shape index (κ3) is 0.736. The van der Waals surface area contributed by atoms with Gasteiger partial charge in [-0.2, -0.15) is 0 Å². The maximum Gasteiger partial charge on any atom is 0.0726 e. The monoisotopic (exact) mass is 168 g/mol. The molecule has 12 heavy (non-hydrogen) atoms. The SMILES string of the molecule is CC12CCCC(C)(CC1)C2(C)O. The summed E-state index contributed by atoms with van der Waals surface area (Å²) in [5.74, 6) is 0. The highest BCUT2D eigenvalue weighted by molar-refractivity contribution is 5.12. The Morgan fingerprint density at radius 2 is 1.25 bits per heavy atom. The van der Waals surface area contributed by atoms with Crippen LogP contribution in [0.2, 0.25) is 0 Å². The minimum atomic E-state index is -0.418. The average Bonchev–Trinajstić information content (AvgIpc) is 2.17. The smallest absolute Gasteiger partial charge is 0.0726 e. The van der Waals surface area contributed by atoms with E-state index in [9.17, 15) is 5.11 Å². The van der Waals surface area contributed by atoms with Crippen LogP contribution >= 0.6 is 0 Å². The number of fused-ring (bicyclic) bond motifs is 2. The fourth-order valence-electron chi connectivity index (χ4n) is 3.37. The van der Waals surface area contributed by atoms with Gasteiger partial charge in [0, 0.05) is 0 Å². The van der Waals surface area contributed by atoms with Crippen molar-refractivity contribution < 1.29 is 5.11 Å². The molecule has 2 aliphatic rings. The molecule has 2 unspecified atom stereocenters. The number of rotatable bonds is 0. The second kappa shape index (κ2) is 2.06. The van der Waals surface area contributed by atoms with Crippen molar-refractivity contribution in [3.05, 3.63) is 0 Å². The van der Waals surface area contributed by atoms with Crippen molar-refractivity contribution in [1.82, 2.24) is 0 Å². The predicted octanol–water partition coefficient (Wildman–Crippen LogP) is 2.73. The molecule has 1 heteroatoms. The molecule has 0 aliphatic heterocycles. The van der Waals surface area contributed by atoms with Crippen molar-refractivity contribution in [2.24, 2.45) is 10.8 Å². The molecule has 2 atom stereocenters. The van der Waals surface area contributed by atoms with Crippen LogP contribution in [0.25, 0.3) is 0 Å². The summed E-state index contributed by atoms with van der Waals surface area (Å²) in [6.07, 6.45) is 6.18. The highest BCUT2D eigenvalue weighted by Gasteiger charge is 2.61. The second-order valence-electron chi connectivity index (χ2n) is 5.55. The zero-order valence-corrected chi connectivity index (χ0v) is 8.48. The first-order chi connectivity index (χ1) is 5.41. The third-order valence-electron chi connectivity index (χ3n) is 5.04. The van der Waals surface area contributed by atoms with E-state index in [2.05, 4.69) is 20.8 Å². The second-order valence-corrected chi connectivity index (χ2v) is 5.55. The van der Waals surface area contributed by atoms with Crippen molar-refractivity contribution in [3.8, 4) is 0 Å². The highest BCUT2D eigenvalue weighted by atomic mass is 16.3. The third-order valence-corrected chi connectivity index (χ3v) is 5.04. The van der Waals surface area contributed by atoms with E-state index in [1.165, 1.54) is 32.1 Å². The van der Waals surface area contributed by atoms with Crippen molar-refractivity contribution in [2.45, 2.75) is 58.5 Å². The minimum absolute atomic E-state index is 0.208. The molecule has 0 aromatic heterocycles. The molecule has 2 rings (SSSR count). The summed E-state index contributed by atoms with van der Waals surface area (Å²) in [6.45, 7) is 6.58. The lowest BCUT2D eigenvalue weighted by molar-refractivity contribution is -0.135.